The zero-order valence-electron chi connectivity index (χ0n) is 10.6. The molecule has 0 spiro atoms. The van der Waals surface area contributed by atoms with Crippen LogP contribution in [0.4, 0.5) is 0 Å². The number of nitrogens with one attached hydrogen (secondary N) is 1. The minimum atomic E-state index is -3.65. The summed E-state index contributed by atoms with van der Waals surface area (Å²) in [6.07, 6.45) is 0. The van der Waals surface area contributed by atoms with Crippen LogP contribution in [-0.2, 0) is 23.2 Å². The Hall–Kier alpha value is -0.800. The number of hydrogen-bond donors (Lipinski definition) is 2. The summed E-state index contributed by atoms with van der Waals surface area (Å²) in [5.41, 5.74) is 3.47. The van der Waals surface area contributed by atoms with Crippen LogP contribution in [0.2, 0.25) is 0 Å². The second-order valence-corrected chi connectivity index (χ2v) is 7.47. The molecule has 2 N–H and O–H groups in total. The fourth-order valence-electron chi connectivity index (χ4n) is 1.65. The van der Waals surface area contributed by atoms with Crippen molar-refractivity contribution in [3.05, 3.63) is 44.3 Å². The third-order valence-corrected chi connectivity index (χ3v) is 5.74. The number of benzene rings is 1. The third kappa shape index (κ3) is 3.44. The Balaban J connectivity index is 2.31. The highest BCUT2D eigenvalue weighted by Gasteiger charge is 2.19. The minimum absolute atomic E-state index is 0.145. The number of hydrogen-bond acceptors (Lipinski definition) is 5. The van der Waals surface area contributed by atoms with Crippen molar-refractivity contribution in [1.82, 2.24) is 9.71 Å². The molecule has 0 saturated carbocycles. The maximum absolute atomic E-state index is 12.3. The lowest BCUT2D eigenvalue weighted by molar-refractivity contribution is 0.281. The van der Waals surface area contributed by atoms with Gasteiger partial charge in [0, 0.05) is 9.85 Å². The van der Waals surface area contributed by atoms with Crippen LogP contribution in [0.5, 0.6) is 0 Å². The van der Waals surface area contributed by atoms with E-state index in [1.54, 1.807) is 23.9 Å². The molecule has 0 aliphatic rings. The van der Waals surface area contributed by atoms with Gasteiger partial charge in [-0.25, -0.2) is 18.1 Å². The number of aliphatic hydroxyl groups excluding tert-OH is 1. The normalized spacial score (nSPS) is 11.8. The van der Waals surface area contributed by atoms with Gasteiger partial charge in [-0.1, -0.05) is 15.9 Å². The SMILES string of the molecule is Cc1c(Br)cc(CO)cc1S(=O)(=O)NCc1cscn1. The Morgan fingerprint density at radius 1 is 1.45 bits per heavy atom. The molecule has 0 saturated heterocycles. The molecule has 1 aromatic heterocycles. The molecule has 1 heterocycles. The van der Waals surface area contributed by atoms with Gasteiger partial charge in [0.15, 0.2) is 0 Å². The van der Waals surface area contributed by atoms with Crippen molar-refractivity contribution in [3.63, 3.8) is 0 Å². The van der Waals surface area contributed by atoms with Gasteiger partial charge in [-0.2, -0.15) is 0 Å². The van der Waals surface area contributed by atoms with Crippen molar-refractivity contribution in [2.75, 3.05) is 0 Å². The molecule has 0 aliphatic carbocycles. The van der Waals surface area contributed by atoms with Crippen LogP contribution in [0.15, 0.2) is 32.4 Å². The van der Waals surface area contributed by atoms with E-state index < -0.39 is 10.0 Å². The van der Waals surface area contributed by atoms with Crippen LogP contribution in [0.25, 0.3) is 0 Å². The number of aliphatic hydroxyl groups is 1. The average Bonchev–Trinajstić information content (AvgIpc) is 2.92. The molecular formula is C12H13BrN2O3S2. The monoisotopic (exact) mass is 376 g/mol. The summed E-state index contributed by atoms with van der Waals surface area (Å²) in [5.74, 6) is 0. The molecule has 0 atom stereocenters. The highest BCUT2D eigenvalue weighted by atomic mass is 79.9. The van der Waals surface area contributed by atoms with Crippen molar-refractivity contribution in [2.45, 2.75) is 25.0 Å². The molecule has 0 fully saturated rings. The highest BCUT2D eigenvalue weighted by Crippen LogP contribution is 2.26. The van der Waals surface area contributed by atoms with Crippen molar-refractivity contribution >= 4 is 37.3 Å². The van der Waals surface area contributed by atoms with Crippen LogP contribution in [-0.4, -0.2) is 18.5 Å². The van der Waals surface area contributed by atoms with Crippen LogP contribution in [0.1, 0.15) is 16.8 Å². The average molecular weight is 377 g/mol. The van der Waals surface area contributed by atoms with Gasteiger partial charge in [0.05, 0.1) is 29.3 Å². The topological polar surface area (TPSA) is 79.3 Å². The van der Waals surface area contributed by atoms with E-state index >= 15 is 0 Å². The van der Waals surface area contributed by atoms with Gasteiger partial charge in [0.2, 0.25) is 10.0 Å². The van der Waals surface area contributed by atoms with Crippen LogP contribution in [0, 0.1) is 6.92 Å². The lowest BCUT2D eigenvalue weighted by atomic mass is 10.2. The summed E-state index contributed by atoms with van der Waals surface area (Å²) in [5, 5.41) is 11.0. The molecule has 0 radical (unpaired) electrons. The van der Waals surface area contributed by atoms with Crippen molar-refractivity contribution in [1.29, 1.82) is 0 Å². The quantitative estimate of drug-likeness (QED) is 0.837. The number of sulfonamides is 1. The highest BCUT2D eigenvalue weighted by molar-refractivity contribution is 9.10. The molecule has 1 aromatic carbocycles. The largest absolute Gasteiger partial charge is 0.392 e. The van der Waals surface area contributed by atoms with E-state index in [1.165, 1.54) is 17.4 Å². The first kappa shape index (κ1) is 15.6. The number of rotatable bonds is 5. The van der Waals surface area contributed by atoms with Gasteiger partial charge >= 0.3 is 0 Å². The lowest BCUT2D eigenvalue weighted by Gasteiger charge is -2.11. The van der Waals surface area contributed by atoms with E-state index in [0.717, 1.165) is 0 Å². The smallest absolute Gasteiger partial charge is 0.241 e. The summed E-state index contributed by atoms with van der Waals surface area (Å²) in [7, 11) is -3.65. The first-order valence-corrected chi connectivity index (χ1v) is 8.92. The minimum Gasteiger partial charge on any atom is -0.392 e. The first-order chi connectivity index (χ1) is 9.44. The summed E-state index contributed by atoms with van der Waals surface area (Å²) < 4.78 is 27.8. The molecule has 108 valence electrons. The first-order valence-electron chi connectivity index (χ1n) is 5.70. The maximum atomic E-state index is 12.3. The van der Waals surface area contributed by atoms with Crippen LogP contribution in [0.3, 0.4) is 0 Å². The van der Waals surface area contributed by atoms with E-state index in [4.69, 9.17) is 0 Å². The molecule has 0 unspecified atom stereocenters. The molecule has 20 heavy (non-hydrogen) atoms. The van der Waals surface area contributed by atoms with E-state index in [0.29, 0.717) is 21.3 Å². The van der Waals surface area contributed by atoms with Gasteiger partial charge < -0.3 is 5.11 Å². The van der Waals surface area contributed by atoms with Crippen LogP contribution >= 0.6 is 27.3 Å². The predicted molar refractivity (Wildman–Crippen MR) is 80.9 cm³/mol. The standard InChI is InChI=1S/C12H13BrN2O3S2/c1-8-11(13)2-9(5-16)3-12(8)20(17,18)15-4-10-6-19-7-14-10/h2-3,6-7,15-16H,4-5H2,1H3. The Kier molecular flexibility index (Phi) is 4.92. The summed E-state index contributed by atoms with van der Waals surface area (Å²) in [4.78, 5) is 4.19. The fraction of sp³-hybridized carbons (Fsp3) is 0.250. The molecule has 2 aromatic rings. The predicted octanol–water partition coefficient (Wildman–Crippen LogP) is 2.18. The zero-order chi connectivity index (χ0) is 14.8. The Labute approximate surface area is 129 Å². The molecule has 0 bridgehead atoms. The van der Waals surface area contributed by atoms with Crippen LogP contribution < -0.4 is 4.72 Å². The van der Waals surface area contributed by atoms with Crippen molar-refractivity contribution in [3.8, 4) is 0 Å². The van der Waals surface area contributed by atoms with Crippen molar-refractivity contribution < 1.29 is 13.5 Å². The van der Waals surface area contributed by atoms with Gasteiger partial charge in [-0.05, 0) is 30.2 Å². The number of aromatic nitrogens is 1. The lowest BCUT2D eigenvalue weighted by Crippen LogP contribution is -2.24. The van der Waals surface area contributed by atoms with Gasteiger partial charge in [-0.15, -0.1) is 11.3 Å². The van der Waals surface area contributed by atoms with Gasteiger partial charge in [0.1, 0.15) is 0 Å². The number of halogens is 1. The summed E-state index contributed by atoms with van der Waals surface area (Å²) in [6, 6.07) is 3.18. The Morgan fingerprint density at radius 3 is 2.80 bits per heavy atom. The van der Waals surface area contributed by atoms with Gasteiger partial charge in [0.25, 0.3) is 0 Å². The van der Waals surface area contributed by atoms with E-state index in [2.05, 4.69) is 25.6 Å². The molecule has 2 rings (SSSR count). The number of nitrogens with zero attached hydrogens (tertiary/aromatic N) is 1. The van der Waals surface area contributed by atoms with E-state index in [-0.39, 0.29) is 18.0 Å². The summed E-state index contributed by atoms with van der Waals surface area (Å²) in [6.45, 7) is 1.64. The molecule has 0 aliphatic heterocycles. The maximum Gasteiger partial charge on any atom is 0.241 e. The third-order valence-electron chi connectivity index (χ3n) is 2.76. The molecule has 0 amide bonds. The fourth-order valence-corrected chi connectivity index (χ4v) is 4.16. The molecular weight excluding hydrogens is 364 g/mol. The van der Waals surface area contributed by atoms with Gasteiger partial charge in [-0.3, -0.25) is 0 Å². The second kappa shape index (κ2) is 6.31. The van der Waals surface area contributed by atoms with Crippen molar-refractivity contribution in [2.24, 2.45) is 0 Å². The molecule has 8 heteroatoms. The van der Waals surface area contributed by atoms with E-state index in [1.807, 2.05) is 0 Å². The second-order valence-electron chi connectivity index (χ2n) is 4.16. The Bertz CT molecular complexity index is 700. The molecule has 5 nitrogen and oxygen atoms in total. The Morgan fingerprint density at radius 2 is 2.20 bits per heavy atom. The van der Waals surface area contributed by atoms with E-state index in [9.17, 15) is 13.5 Å². The zero-order valence-corrected chi connectivity index (χ0v) is 13.8. The summed E-state index contributed by atoms with van der Waals surface area (Å²) >= 11 is 4.72. The number of thiazole rings is 1.